The van der Waals surface area contributed by atoms with Crippen molar-refractivity contribution in [1.29, 1.82) is 0 Å². The van der Waals surface area contributed by atoms with Gasteiger partial charge in [0.25, 0.3) is 0 Å². The Morgan fingerprint density at radius 2 is 1.76 bits per heavy atom. The van der Waals surface area contributed by atoms with Gasteiger partial charge in [-0.25, -0.2) is 4.39 Å². The van der Waals surface area contributed by atoms with Gasteiger partial charge in [0.05, 0.1) is 10.7 Å². The molecule has 0 aliphatic rings. The fourth-order valence-corrected chi connectivity index (χ4v) is 2.24. The molecule has 0 radical (unpaired) electrons. The van der Waals surface area contributed by atoms with Gasteiger partial charge in [-0.15, -0.1) is 0 Å². The Kier molecular flexibility index (Phi) is 5.15. The lowest BCUT2D eigenvalue weighted by molar-refractivity contribution is 0.632. The zero-order valence-corrected chi connectivity index (χ0v) is 13.4. The third kappa shape index (κ3) is 4.16. The van der Waals surface area contributed by atoms with E-state index in [9.17, 15) is 4.39 Å². The standard InChI is InChI=1S/C16H16ClFN2S/c1-10(2)11-6-8-12(9-7-11)19-16(21)20-14-5-3-4-13(17)15(14)18/h3-10H,1-2H3,(H2,19,20,21). The van der Waals surface area contributed by atoms with E-state index in [1.54, 1.807) is 12.1 Å². The summed E-state index contributed by atoms with van der Waals surface area (Å²) in [4.78, 5) is 0. The largest absolute Gasteiger partial charge is 0.332 e. The Morgan fingerprint density at radius 1 is 1.10 bits per heavy atom. The van der Waals surface area contributed by atoms with Crippen LogP contribution < -0.4 is 10.6 Å². The van der Waals surface area contributed by atoms with Crippen LogP contribution in [0.15, 0.2) is 42.5 Å². The molecule has 0 aromatic heterocycles. The third-order valence-electron chi connectivity index (χ3n) is 3.04. The van der Waals surface area contributed by atoms with Crippen LogP contribution in [0, 0.1) is 5.82 Å². The van der Waals surface area contributed by atoms with Gasteiger partial charge in [0.2, 0.25) is 0 Å². The molecule has 5 heteroatoms. The van der Waals surface area contributed by atoms with E-state index in [2.05, 4.69) is 24.5 Å². The molecular formula is C16H16ClFN2S. The number of anilines is 2. The lowest BCUT2D eigenvalue weighted by Gasteiger charge is -2.12. The number of benzene rings is 2. The summed E-state index contributed by atoms with van der Waals surface area (Å²) in [7, 11) is 0. The van der Waals surface area contributed by atoms with Gasteiger partial charge < -0.3 is 10.6 Å². The van der Waals surface area contributed by atoms with Crippen molar-refractivity contribution in [2.24, 2.45) is 0 Å². The number of hydrogen-bond donors (Lipinski definition) is 2. The molecule has 2 aromatic carbocycles. The molecule has 2 aromatic rings. The van der Waals surface area contributed by atoms with Crippen LogP contribution in [0.25, 0.3) is 0 Å². The maximum atomic E-state index is 13.8. The minimum Gasteiger partial charge on any atom is -0.332 e. The molecule has 2 rings (SSSR count). The molecular weight excluding hydrogens is 307 g/mol. The first kappa shape index (κ1) is 15.7. The molecule has 0 saturated carbocycles. The monoisotopic (exact) mass is 322 g/mol. The summed E-state index contributed by atoms with van der Waals surface area (Å²) in [5, 5.41) is 6.18. The second-order valence-electron chi connectivity index (χ2n) is 4.96. The summed E-state index contributed by atoms with van der Waals surface area (Å²) in [6, 6.07) is 12.7. The normalized spacial score (nSPS) is 10.5. The maximum Gasteiger partial charge on any atom is 0.175 e. The van der Waals surface area contributed by atoms with Gasteiger partial charge in [0.15, 0.2) is 10.9 Å². The van der Waals surface area contributed by atoms with Crippen molar-refractivity contribution in [2.75, 3.05) is 10.6 Å². The van der Waals surface area contributed by atoms with E-state index >= 15 is 0 Å². The zero-order valence-electron chi connectivity index (χ0n) is 11.8. The van der Waals surface area contributed by atoms with Crippen molar-refractivity contribution < 1.29 is 4.39 Å². The summed E-state index contributed by atoms with van der Waals surface area (Å²) in [5.41, 5.74) is 2.35. The van der Waals surface area contributed by atoms with Gasteiger partial charge in [-0.05, 0) is 48.0 Å². The molecule has 110 valence electrons. The summed E-state index contributed by atoms with van der Waals surface area (Å²) >= 11 is 10.9. The Balaban J connectivity index is 2.03. The Bertz CT molecular complexity index is 641. The number of nitrogens with one attached hydrogen (secondary N) is 2. The molecule has 0 aliphatic heterocycles. The van der Waals surface area contributed by atoms with Crippen LogP contribution in [-0.4, -0.2) is 5.11 Å². The predicted molar refractivity (Wildman–Crippen MR) is 91.8 cm³/mol. The highest BCUT2D eigenvalue weighted by atomic mass is 35.5. The van der Waals surface area contributed by atoms with Gasteiger partial charge in [-0.1, -0.05) is 43.6 Å². The minimum atomic E-state index is -0.515. The molecule has 2 nitrogen and oxygen atoms in total. The molecule has 0 saturated heterocycles. The topological polar surface area (TPSA) is 24.1 Å². The van der Waals surface area contributed by atoms with E-state index in [1.807, 2.05) is 24.3 Å². The molecule has 0 bridgehead atoms. The van der Waals surface area contributed by atoms with Crippen LogP contribution in [0.1, 0.15) is 25.3 Å². The minimum absolute atomic E-state index is 0.0593. The second-order valence-corrected chi connectivity index (χ2v) is 5.77. The average molecular weight is 323 g/mol. The highest BCUT2D eigenvalue weighted by molar-refractivity contribution is 7.80. The fourth-order valence-electron chi connectivity index (χ4n) is 1.84. The Labute approximate surface area is 134 Å². The van der Waals surface area contributed by atoms with E-state index < -0.39 is 5.82 Å². The van der Waals surface area contributed by atoms with Crippen molar-refractivity contribution in [3.05, 3.63) is 58.9 Å². The van der Waals surface area contributed by atoms with Gasteiger partial charge in [-0.2, -0.15) is 0 Å². The van der Waals surface area contributed by atoms with Crippen LogP contribution in [0.4, 0.5) is 15.8 Å². The number of rotatable bonds is 3. The first-order valence-corrected chi connectivity index (χ1v) is 7.38. The number of hydrogen-bond acceptors (Lipinski definition) is 1. The van der Waals surface area contributed by atoms with Crippen molar-refractivity contribution in [2.45, 2.75) is 19.8 Å². The molecule has 0 heterocycles. The molecule has 0 spiro atoms. The molecule has 0 amide bonds. The summed E-state index contributed by atoms with van der Waals surface area (Å²) in [6.07, 6.45) is 0. The van der Waals surface area contributed by atoms with Crippen molar-refractivity contribution in [1.82, 2.24) is 0 Å². The molecule has 0 aliphatic carbocycles. The van der Waals surface area contributed by atoms with E-state index in [-0.39, 0.29) is 10.7 Å². The van der Waals surface area contributed by atoms with Gasteiger partial charge in [-0.3, -0.25) is 0 Å². The van der Waals surface area contributed by atoms with E-state index in [1.165, 1.54) is 11.6 Å². The number of halogens is 2. The molecule has 0 unspecified atom stereocenters. The van der Waals surface area contributed by atoms with Crippen LogP contribution in [-0.2, 0) is 0 Å². The van der Waals surface area contributed by atoms with Gasteiger partial charge in [0.1, 0.15) is 0 Å². The predicted octanol–water partition coefficient (Wildman–Crippen LogP) is 5.41. The van der Waals surface area contributed by atoms with Crippen LogP contribution in [0.2, 0.25) is 5.02 Å². The molecule has 21 heavy (non-hydrogen) atoms. The van der Waals surface area contributed by atoms with Crippen molar-refractivity contribution in [3.63, 3.8) is 0 Å². The van der Waals surface area contributed by atoms with E-state index in [4.69, 9.17) is 23.8 Å². The molecule has 0 fully saturated rings. The van der Waals surface area contributed by atoms with E-state index in [0.29, 0.717) is 11.0 Å². The first-order valence-electron chi connectivity index (χ1n) is 6.59. The Morgan fingerprint density at radius 3 is 2.38 bits per heavy atom. The van der Waals surface area contributed by atoms with Gasteiger partial charge >= 0.3 is 0 Å². The molecule has 2 N–H and O–H groups in total. The lowest BCUT2D eigenvalue weighted by atomic mass is 10.0. The average Bonchev–Trinajstić information content (AvgIpc) is 2.44. The van der Waals surface area contributed by atoms with Crippen molar-refractivity contribution in [3.8, 4) is 0 Å². The zero-order chi connectivity index (χ0) is 15.4. The lowest BCUT2D eigenvalue weighted by Crippen LogP contribution is -2.19. The fraction of sp³-hybridized carbons (Fsp3) is 0.188. The third-order valence-corrected chi connectivity index (χ3v) is 3.53. The smallest absolute Gasteiger partial charge is 0.175 e. The second kappa shape index (κ2) is 6.87. The van der Waals surface area contributed by atoms with Crippen LogP contribution >= 0.6 is 23.8 Å². The Hall–Kier alpha value is -1.65. The van der Waals surface area contributed by atoms with Crippen molar-refractivity contribution >= 4 is 40.3 Å². The highest BCUT2D eigenvalue weighted by Gasteiger charge is 2.07. The SMILES string of the molecule is CC(C)c1ccc(NC(=S)Nc2cccc(Cl)c2F)cc1. The molecule has 0 atom stereocenters. The quantitative estimate of drug-likeness (QED) is 0.739. The maximum absolute atomic E-state index is 13.8. The van der Waals surface area contributed by atoms with Crippen LogP contribution in [0.5, 0.6) is 0 Å². The summed E-state index contributed by atoms with van der Waals surface area (Å²) < 4.78 is 13.8. The number of thiocarbonyl (C=S) groups is 1. The highest BCUT2D eigenvalue weighted by Crippen LogP contribution is 2.22. The van der Waals surface area contributed by atoms with Crippen LogP contribution in [0.3, 0.4) is 0 Å². The van der Waals surface area contributed by atoms with Gasteiger partial charge in [0, 0.05) is 5.69 Å². The van der Waals surface area contributed by atoms with E-state index in [0.717, 1.165) is 5.69 Å². The summed E-state index contributed by atoms with van der Waals surface area (Å²) in [5.74, 6) is -0.0387. The first-order chi connectivity index (χ1) is 9.97. The summed E-state index contributed by atoms with van der Waals surface area (Å²) in [6.45, 7) is 4.27.